The minimum absolute atomic E-state index is 0.0555. The molecule has 4 N–H and O–H groups in total. The summed E-state index contributed by atoms with van der Waals surface area (Å²) in [6, 6.07) is 6.93. The summed E-state index contributed by atoms with van der Waals surface area (Å²) in [7, 11) is 0. The molecule has 2 atom stereocenters. The molecule has 2 aliphatic rings. The van der Waals surface area contributed by atoms with Crippen LogP contribution in [0.1, 0.15) is 30.4 Å². The molecule has 0 aliphatic carbocycles. The lowest BCUT2D eigenvalue weighted by atomic mass is 10.0. The average molecular weight is 461 g/mol. The van der Waals surface area contributed by atoms with E-state index in [1.165, 1.54) is 6.08 Å². The van der Waals surface area contributed by atoms with Crippen molar-refractivity contribution in [3.8, 4) is 0 Å². The number of aliphatic hydroxyl groups is 1. The second-order valence-electron chi connectivity index (χ2n) is 7.77. The minimum Gasteiger partial charge on any atom is -0.506 e. The van der Waals surface area contributed by atoms with Gasteiger partial charge in [-0.2, -0.15) is 12.6 Å². The molecular formula is C22H28N4O3S2. The number of carbonyl (C=O) groups excluding carboxylic acids is 2. The zero-order chi connectivity index (χ0) is 22.5. The number of thiol groups is 2. The van der Waals surface area contributed by atoms with Gasteiger partial charge in [0.2, 0.25) is 11.8 Å². The van der Waals surface area contributed by atoms with Gasteiger partial charge in [0.15, 0.2) is 0 Å². The first kappa shape index (κ1) is 23.3. The lowest BCUT2D eigenvalue weighted by molar-refractivity contribution is -0.136. The Morgan fingerprint density at radius 3 is 2.68 bits per heavy atom. The maximum absolute atomic E-state index is 13.5. The number of rotatable bonds is 7. The van der Waals surface area contributed by atoms with Crippen LogP contribution in [0.5, 0.6) is 0 Å². The third-order valence-corrected chi connectivity index (χ3v) is 5.86. The molecule has 2 unspecified atom stereocenters. The highest BCUT2D eigenvalue weighted by Gasteiger charge is 2.37. The monoisotopic (exact) mass is 460 g/mol. The van der Waals surface area contributed by atoms with Crippen LogP contribution in [0.25, 0.3) is 0 Å². The Morgan fingerprint density at radius 2 is 2.06 bits per heavy atom. The number of nitrogens with one attached hydrogen (secondary N) is 1. The Bertz CT molecular complexity index is 937. The highest BCUT2D eigenvalue weighted by atomic mass is 32.1. The zero-order valence-electron chi connectivity index (χ0n) is 17.4. The van der Waals surface area contributed by atoms with Gasteiger partial charge in [0.1, 0.15) is 17.5 Å². The Labute approximate surface area is 193 Å². The number of nitrogens with zero attached hydrogens (tertiary/aromatic N) is 2. The van der Waals surface area contributed by atoms with Crippen LogP contribution in [0.2, 0.25) is 0 Å². The predicted octanol–water partition coefficient (Wildman–Crippen LogP) is 2.29. The van der Waals surface area contributed by atoms with E-state index in [1.54, 1.807) is 4.90 Å². The largest absolute Gasteiger partial charge is 0.506 e. The van der Waals surface area contributed by atoms with Crippen LogP contribution in [-0.2, 0) is 16.0 Å². The maximum atomic E-state index is 13.5. The number of hydrogen-bond donors (Lipinski definition) is 5. The molecule has 0 saturated carbocycles. The molecule has 0 radical (unpaired) electrons. The molecule has 2 amide bonds. The molecule has 1 aromatic rings. The van der Waals surface area contributed by atoms with Gasteiger partial charge < -0.3 is 21.1 Å². The number of benzene rings is 1. The summed E-state index contributed by atoms with van der Waals surface area (Å²) in [4.78, 5) is 31.9. The van der Waals surface area contributed by atoms with Crippen molar-refractivity contribution in [3.05, 3.63) is 58.0 Å². The van der Waals surface area contributed by atoms with Gasteiger partial charge in [-0.3, -0.25) is 9.59 Å². The highest BCUT2D eigenvalue weighted by molar-refractivity contribution is 7.84. The fourth-order valence-electron chi connectivity index (χ4n) is 3.85. The molecule has 1 fully saturated rings. The smallest absolute Gasteiger partial charge is 0.246 e. The Morgan fingerprint density at radius 1 is 1.35 bits per heavy atom. The van der Waals surface area contributed by atoms with E-state index in [0.717, 1.165) is 24.0 Å². The van der Waals surface area contributed by atoms with Crippen LogP contribution in [0.4, 0.5) is 0 Å². The normalized spacial score (nSPS) is 20.9. The van der Waals surface area contributed by atoms with Crippen LogP contribution in [-0.4, -0.2) is 51.9 Å². The first-order chi connectivity index (χ1) is 14.8. The van der Waals surface area contributed by atoms with Crippen LogP contribution in [0, 0.1) is 6.92 Å². The van der Waals surface area contributed by atoms with E-state index in [0.29, 0.717) is 24.4 Å². The van der Waals surface area contributed by atoms with Crippen LogP contribution >= 0.6 is 25.3 Å². The summed E-state index contributed by atoms with van der Waals surface area (Å²) in [6.45, 7) is 2.56. The lowest BCUT2D eigenvalue weighted by Gasteiger charge is -2.29. The van der Waals surface area contributed by atoms with Crippen molar-refractivity contribution in [3.63, 3.8) is 0 Å². The van der Waals surface area contributed by atoms with E-state index >= 15 is 0 Å². The van der Waals surface area contributed by atoms with Crippen LogP contribution < -0.4 is 11.1 Å². The van der Waals surface area contributed by atoms with Crippen molar-refractivity contribution >= 4 is 42.8 Å². The molecule has 9 heteroatoms. The maximum Gasteiger partial charge on any atom is 0.246 e. The first-order valence-corrected chi connectivity index (χ1v) is 11.3. The zero-order valence-corrected chi connectivity index (χ0v) is 19.2. The molecular weight excluding hydrogens is 432 g/mol. The first-order valence-electron chi connectivity index (χ1n) is 10.2. The van der Waals surface area contributed by atoms with E-state index in [2.05, 4.69) is 35.6 Å². The fourth-order valence-corrected chi connectivity index (χ4v) is 4.22. The number of aliphatic imine (C=N–C) groups is 1. The number of aryl methyl sites for hydroxylation is 1. The fraction of sp³-hybridized carbons (Fsp3) is 0.409. The second kappa shape index (κ2) is 10.3. The third-order valence-electron chi connectivity index (χ3n) is 5.42. The van der Waals surface area contributed by atoms with Crippen LogP contribution in [0.3, 0.4) is 0 Å². The summed E-state index contributed by atoms with van der Waals surface area (Å²) in [6.07, 6.45) is 3.69. The van der Waals surface area contributed by atoms with E-state index in [-0.39, 0.29) is 40.8 Å². The molecule has 3 rings (SSSR count). The number of likely N-dealkylation sites (tertiary alicyclic amines) is 1. The van der Waals surface area contributed by atoms with Crippen molar-refractivity contribution in [1.82, 2.24) is 10.2 Å². The highest BCUT2D eigenvalue weighted by Crippen LogP contribution is 2.28. The third kappa shape index (κ3) is 5.65. The number of amides is 2. The van der Waals surface area contributed by atoms with Gasteiger partial charge >= 0.3 is 0 Å². The minimum atomic E-state index is -0.694. The predicted molar refractivity (Wildman–Crippen MR) is 128 cm³/mol. The molecule has 1 saturated heterocycles. The van der Waals surface area contributed by atoms with Crippen molar-refractivity contribution in [2.45, 2.75) is 44.7 Å². The Kier molecular flexibility index (Phi) is 7.72. The second-order valence-corrected chi connectivity index (χ2v) is 8.70. The van der Waals surface area contributed by atoms with Gasteiger partial charge in [-0.05, 0) is 31.1 Å². The topological polar surface area (TPSA) is 108 Å². The Hall–Kier alpha value is -2.39. The molecule has 0 aromatic heterocycles. The van der Waals surface area contributed by atoms with Gasteiger partial charge in [-0.1, -0.05) is 29.8 Å². The van der Waals surface area contributed by atoms with Crippen molar-refractivity contribution in [1.29, 1.82) is 0 Å². The average Bonchev–Trinajstić information content (AvgIpc) is 3.35. The summed E-state index contributed by atoms with van der Waals surface area (Å²) in [5, 5.41) is 13.1. The van der Waals surface area contributed by atoms with Gasteiger partial charge in [-0.15, -0.1) is 12.6 Å². The number of carbonyl (C=O) groups is 2. The van der Waals surface area contributed by atoms with E-state index in [1.807, 2.05) is 31.2 Å². The molecule has 2 aliphatic heterocycles. The molecule has 166 valence electrons. The summed E-state index contributed by atoms with van der Waals surface area (Å²) in [5.41, 5.74) is 8.56. The number of nitrogens with two attached hydrogens (primary N) is 1. The summed E-state index contributed by atoms with van der Waals surface area (Å²) >= 11 is 8.18. The van der Waals surface area contributed by atoms with Crippen molar-refractivity contribution < 1.29 is 14.7 Å². The van der Waals surface area contributed by atoms with Gasteiger partial charge in [0, 0.05) is 25.5 Å². The van der Waals surface area contributed by atoms with Gasteiger partial charge in [-0.25, -0.2) is 4.99 Å². The molecule has 2 heterocycles. The molecule has 0 bridgehead atoms. The standard InChI is InChI=1S/C22H28N4O3S2/c1-13-4-6-14(7-5-13)11-16(24-19(28)8-10-30)22(29)26-9-2-3-17(26)15-12-18(27)20(25-15)21(23)31/h4-7,12,16-17,27,30-31H,2-3,8-11,23H2,1H3,(H,24,28)/b21-20-. The quantitative estimate of drug-likeness (QED) is 0.402. The van der Waals surface area contributed by atoms with Gasteiger partial charge in [0.25, 0.3) is 0 Å². The van der Waals surface area contributed by atoms with E-state index in [4.69, 9.17) is 5.73 Å². The van der Waals surface area contributed by atoms with Crippen molar-refractivity contribution in [2.75, 3.05) is 12.3 Å². The van der Waals surface area contributed by atoms with E-state index < -0.39 is 6.04 Å². The summed E-state index contributed by atoms with van der Waals surface area (Å²) < 4.78 is 0. The molecule has 0 spiro atoms. The lowest BCUT2D eigenvalue weighted by Crippen LogP contribution is -2.52. The number of aliphatic hydroxyl groups excluding tert-OH is 1. The van der Waals surface area contributed by atoms with E-state index in [9.17, 15) is 14.7 Å². The van der Waals surface area contributed by atoms with Gasteiger partial charge in [0.05, 0.1) is 16.8 Å². The Balaban J connectivity index is 1.83. The summed E-state index contributed by atoms with van der Waals surface area (Å²) in [5.74, 6) is -0.0207. The number of hydrogen-bond acceptors (Lipinski definition) is 7. The molecule has 31 heavy (non-hydrogen) atoms. The SMILES string of the molecule is Cc1ccc(CC(NC(=O)CCS)C(=O)N2CCCC2C2=N/C(=C(/N)S)C(O)=C2)cc1. The molecule has 7 nitrogen and oxygen atoms in total. The van der Waals surface area contributed by atoms with Crippen LogP contribution in [0.15, 0.2) is 51.8 Å². The van der Waals surface area contributed by atoms with Crippen molar-refractivity contribution in [2.24, 2.45) is 10.7 Å². The molecule has 1 aromatic carbocycles.